The quantitative estimate of drug-likeness (QED) is 0.337. The molecule has 37 heavy (non-hydrogen) atoms. The molecule has 3 N–H and O–H groups in total. The van der Waals surface area contributed by atoms with Crippen LogP contribution in [0.4, 0.5) is 33.9 Å². The van der Waals surface area contributed by atoms with Crippen LogP contribution in [-0.2, 0) is 6.18 Å². The van der Waals surface area contributed by atoms with E-state index in [9.17, 15) is 32.4 Å². The fourth-order valence-electron chi connectivity index (χ4n) is 3.21. The van der Waals surface area contributed by atoms with Gasteiger partial charge < -0.3 is 10.4 Å². The molecule has 0 unspecified atom stereocenters. The number of carboxylic acid groups (broad SMARTS) is 1. The van der Waals surface area contributed by atoms with E-state index in [1.807, 2.05) is 6.07 Å². The van der Waals surface area contributed by atoms with Crippen molar-refractivity contribution in [3.63, 3.8) is 0 Å². The highest BCUT2D eigenvalue weighted by atomic mass is 19.4. The van der Waals surface area contributed by atoms with Crippen molar-refractivity contribution in [2.45, 2.75) is 13.1 Å². The summed E-state index contributed by atoms with van der Waals surface area (Å²) in [6.45, 7) is 1.22. The number of aromatic nitrogens is 7. The zero-order chi connectivity index (χ0) is 26.9. The van der Waals surface area contributed by atoms with Crippen LogP contribution in [0.3, 0.4) is 0 Å². The summed E-state index contributed by atoms with van der Waals surface area (Å²) in [6.07, 6.45) is -2.45. The molecule has 13 nitrogen and oxygen atoms in total. The molecular weight excluding hydrogens is 504 g/mol. The van der Waals surface area contributed by atoms with Crippen LogP contribution in [0.2, 0.25) is 0 Å². The minimum Gasteiger partial charge on any atom is -0.465 e. The molecule has 4 aromatic heterocycles. The molecule has 4 heterocycles. The number of rotatable bonds is 5. The molecule has 4 aromatic rings. The first kappa shape index (κ1) is 24.7. The molecule has 0 fully saturated rings. The monoisotopic (exact) mass is 516 g/mol. The van der Waals surface area contributed by atoms with E-state index in [0.717, 1.165) is 23.1 Å². The molecule has 0 saturated heterocycles. The van der Waals surface area contributed by atoms with Gasteiger partial charge in [-0.2, -0.15) is 33.7 Å². The normalized spacial score (nSPS) is 11.1. The van der Waals surface area contributed by atoms with Crippen molar-refractivity contribution in [2.24, 2.45) is 0 Å². The number of carbonyl (C=O) groups excluding carboxylic acids is 1. The van der Waals surface area contributed by atoms with Crippen LogP contribution in [-0.4, -0.2) is 51.8 Å². The van der Waals surface area contributed by atoms with Crippen molar-refractivity contribution >= 4 is 23.5 Å². The standard InChI is InChI=1S/C20H12F4N10O3/c1-9-4-13(21)15(32-19(36)37)31-16(9)33-14(20(22,23)24)12(8-29-33)18(35)30-11-5-10(6-25)17(26-7-11)34-27-2-3-28-34/h2-5,7-8H,1H3,(H,30,35)(H,31,32)(H,36,37). The Kier molecular flexibility index (Phi) is 6.23. The Bertz CT molecular complexity index is 1560. The second-order valence-electron chi connectivity index (χ2n) is 7.19. The smallest absolute Gasteiger partial charge is 0.434 e. The number of alkyl halides is 3. The molecule has 0 aliphatic rings. The average molecular weight is 516 g/mol. The highest BCUT2D eigenvalue weighted by Gasteiger charge is 2.41. The molecule has 0 aliphatic heterocycles. The maximum absolute atomic E-state index is 14.1. The summed E-state index contributed by atoms with van der Waals surface area (Å²) in [6, 6.07) is 3.76. The number of hydrogen-bond donors (Lipinski definition) is 3. The number of anilines is 2. The first-order chi connectivity index (χ1) is 17.5. The summed E-state index contributed by atoms with van der Waals surface area (Å²) in [5.41, 5.74) is -2.80. The number of nitriles is 1. The van der Waals surface area contributed by atoms with E-state index in [-0.39, 0.29) is 27.3 Å². The molecule has 0 saturated carbocycles. The van der Waals surface area contributed by atoms with Crippen LogP contribution in [0.25, 0.3) is 11.6 Å². The van der Waals surface area contributed by atoms with E-state index in [2.05, 4.69) is 30.6 Å². The summed E-state index contributed by atoms with van der Waals surface area (Å²) in [7, 11) is 0. The van der Waals surface area contributed by atoms with Gasteiger partial charge in [-0.25, -0.2) is 23.8 Å². The van der Waals surface area contributed by atoms with Gasteiger partial charge in [0.25, 0.3) is 5.91 Å². The first-order valence-corrected chi connectivity index (χ1v) is 9.90. The fraction of sp³-hybridized carbons (Fsp3) is 0.100. The average Bonchev–Trinajstić information content (AvgIpc) is 3.50. The molecule has 0 radical (unpaired) electrons. The predicted molar refractivity (Wildman–Crippen MR) is 115 cm³/mol. The van der Waals surface area contributed by atoms with E-state index >= 15 is 0 Å². The molecular formula is C20H12F4N10O3. The van der Waals surface area contributed by atoms with E-state index in [1.165, 1.54) is 19.3 Å². The number of nitrogens with zero attached hydrogens (tertiary/aromatic N) is 8. The Morgan fingerprint density at radius 2 is 1.78 bits per heavy atom. The topological polar surface area (TPSA) is 177 Å². The van der Waals surface area contributed by atoms with E-state index in [0.29, 0.717) is 6.20 Å². The number of halogens is 4. The van der Waals surface area contributed by atoms with Gasteiger partial charge in [0, 0.05) is 0 Å². The van der Waals surface area contributed by atoms with Gasteiger partial charge in [0.15, 0.2) is 29.0 Å². The third-order valence-corrected chi connectivity index (χ3v) is 4.70. The van der Waals surface area contributed by atoms with Gasteiger partial charge in [0.05, 0.1) is 36.0 Å². The number of pyridine rings is 2. The van der Waals surface area contributed by atoms with Crippen LogP contribution in [0.5, 0.6) is 0 Å². The second-order valence-corrected chi connectivity index (χ2v) is 7.19. The van der Waals surface area contributed by atoms with E-state index in [4.69, 9.17) is 5.11 Å². The number of amides is 2. The lowest BCUT2D eigenvalue weighted by molar-refractivity contribution is -0.143. The van der Waals surface area contributed by atoms with Crippen LogP contribution < -0.4 is 10.6 Å². The summed E-state index contributed by atoms with van der Waals surface area (Å²) >= 11 is 0. The Labute approximate surface area is 203 Å². The SMILES string of the molecule is Cc1cc(F)c(NC(=O)O)nc1-n1ncc(C(=O)Nc2cnc(-n3nccn3)c(C#N)c2)c1C(F)(F)F. The zero-order valence-electron chi connectivity index (χ0n) is 18.3. The zero-order valence-corrected chi connectivity index (χ0v) is 18.3. The molecule has 188 valence electrons. The fourth-order valence-corrected chi connectivity index (χ4v) is 3.21. The van der Waals surface area contributed by atoms with Crippen molar-refractivity contribution in [3.8, 4) is 17.7 Å². The van der Waals surface area contributed by atoms with Gasteiger partial charge in [0.1, 0.15) is 11.6 Å². The maximum Gasteiger partial charge on any atom is 0.434 e. The third-order valence-electron chi connectivity index (χ3n) is 4.70. The number of carbonyl (C=O) groups is 2. The lowest BCUT2D eigenvalue weighted by Crippen LogP contribution is -2.22. The molecule has 0 bridgehead atoms. The Morgan fingerprint density at radius 3 is 2.41 bits per heavy atom. The summed E-state index contributed by atoms with van der Waals surface area (Å²) in [4.78, 5) is 32.3. The van der Waals surface area contributed by atoms with E-state index in [1.54, 1.807) is 5.32 Å². The van der Waals surface area contributed by atoms with Crippen molar-refractivity contribution < 1.29 is 32.3 Å². The maximum atomic E-state index is 14.1. The van der Waals surface area contributed by atoms with Crippen LogP contribution in [0.15, 0.2) is 36.9 Å². The molecule has 0 aromatic carbocycles. The van der Waals surface area contributed by atoms with Gasteiger partial charge in [-0.05, 0) is 24.6 Å². The Morgan fingerprint density at radius 1 is 1.08 bits per heavy atom. The lowest BCUT2D eigenvalue weighted by atomic mass is 10.2. The predicted octanol–water partition coefficient (Wildman–Crippen LogP) is 2.92. The van der Waals surface area contributed by atoms with Gasteiger partial charge in [0.2, 0.25) is 0 Å². The molecule has 4 rings (SSSR count). The van der Waals surface area contributed by atoms with Gasteiger partial charge in [-0.3, -0.25) is 10.1 Å². The number of hydrogen-bond acceptors (Lipinski definition) is 8. The van der Waals surface area contributed by atoms with Crippen molar-refractivity contribution in [1.29, 1.82) is 5.26 Å². The molecule has 0 aliphatic carbocycles. The van der Waals surface area contributed by atoms with Gasteiger partial charge in [-0.15, -0.1) is 4.80 Å². The van der Waals surface area contributed by atoms with Crippen molar-refractivity contribution in [1.82, 2.24) is 34.7 Å². The Hall–Kier alpha value is -5.40. The van der Waals surface area contributed by atoms with Crippen LogP contribution in [0.1, 0.15) is 27.2 Å². The van der Waals surface area contributed by atoms with Crippen LogP contribution >= 0.6 is 0 Å². The Balaban J connectivity index is 1.73. The van der Waals surface area contributed by atoms with Crippen molar-refractivity contribution in [2.75, 3.05) is 10.6 Å². The molecule has 2 amide bonds. The second kappa shape index (κ2) is 9.33. The summed E-state index contributed by atoms with van der Waals surface area (Å²) in [5, 5.41) is 33.3. The number of nitrogens with one attached hydrogen (secondary N) is 2. The lowest BCUT2D eigenvalue weighted by Gasteiger charge is -2.15. The van der Waals surface area contributed by atoms with Crippen molar-refractivity contribution in [3.05, 3.63) is 65.1 Å². The van der Waals surface area contributed by atoms with Gasteiger partial charge >= 0.3 is 12.3 Å². The third kappa shape index (κ3) is 4.88. The summed E-state index contributed by atoms with van der Waals surface area (Å²) < 4.78 is 56.5. The number of aryl methyl sites for hydroxylation is 1. The minimum atomic E-state index is -5.14. The molecule has 0 spiro atoms. The highest BCUT2D eigenvalue weighted by Crippen LogP contribution is 2.35. The minimum absolute atomic E-state index is 0.0259. The molecule has 17 heteroatoms. The van der Waals surface area contributed by atoms with Crippen LogP contribution in [0, 0.1) is 24.1 Å². The van der Waals surface area contributed by atoms with E-state index < -0.39 is 46.9 Å². The highest BCUT2D eigenvalue weighted by molar-refractivity contribution is 6.05. The first-order valence-electron chi connectivity index (χ1n) is 9.90. The summed E-state index contributed by atoms with van der Waals surface area (Å²) in [5.74, 6) is -3.78. The largest absolute Gasteiger partial charge is 0.465 e. The van der Waals surface area contributed by atoms with Gasteiger partial charge in [-0.1, -0.05) is 0 Å². The molecule has 0 atom stereocenters.